The fraction of sp³-hybridized carbons (Fsp3) is 0.0588. The van der Waals surface area contributed by atoms with Crippen LogP contribution in [0.25, 0.3) is 10.9 Å². The molecule has 0 radical (unpaired) electrons. The van der Waals surface area contributed by atoms with Crippen LogP contribution in [0.15, 0.2) is 66.9 Å². The van der Waals surface area contributed by atoms with E-state index in [9.17, 15) is 14.9 Å². The minimum absolute atomic E-state index is 0.0282. The molecule has 0 aliphatic carbocycles. The van der Waals surface area contributed by atoms with E-state index in [-0.39, 0.29) is 18.0 Å². The first kappa shape index (κ1) is 13.9. The van der Waals surface area contributed by atoms with E-state index in [0.29, 0.717) is 5.56 Å². The molecule has 0 saturated carbocycles. The molecule has 0 amide bonds. The topological polar surface area (TPSA) is 64.1 Å². The maximum absolute atomic E-state index is 12.3. The third kappa shape index (κ3) is 2.69. The van der Waals surface area contributed by atoms with Gasteiger partial charge in [0.05, 0.1) is 10.3 Å². The molecule has 0 unspecified atom stereocenters. The van der Waals surface area contributed by atoms with E-state index in [1.807, 2.05) is 24.3 Å². The average molecular weight is 293 g/mol. The number of hydrogen-bond donors (Lipinski definition) is 0. The minimum atomic E-state index is -0.448. The number of benzene rings is 2. The Balaban J connectivity index is 2.06. The van der Waals surface area contributed by atoms with E-state index in [1.54, 1.807) is 34.9 Å². The second-order valence-electron chi connectivity index (χ2n) is 4.93. The lowest BCUT2D eigenvalue weighted by Gasteiger charge is -2.02. The molecular formula is C17H13N2O3+. The molecule has 0 atom stereocenters. The molecule has 5 nitrogen and oxygen atoms in total. The van der Waals surface area contributed by atoms with Crippen molar-refractivity contribution in [2.45, 2.75) is 6.54 Å². The molecule has 2 aromatic carbocycles. The predicted molar refractivity (Wildman–Crippen MR) is 81.6 cm³/mol. The van der Waals surface area contributed by atoms with E-state index in [0.717, 1.165) is 10.9 Å². The van der Waals surface area contributed by atoms with Gasteiger partial charge in [0.25, 0.3) is 0 Å². The first-order valence-corrected chi connectivity index (χ1v) is 6.80. The molecule has 0 saturated heterocycles. The van der Waals surface area contributed by atoms with Gasteiger partial charge >= 0.3 is 5.69 Å². The number of aromatic nitrogens is 1. The Morgan fingerprint density at radius 2 is 1.73 bits per heavy atom. The smallest absolute Gasteiger partial charge is 0.287 e. The quantitative estimate of drug-likeness (QED) is 0.321. The van der Waals surface area contributed by atoms with E-state index < -0.39 is 4.92 Å². The Kier molecular flexibility index (Phi) is 3.62. The van der Waals surface area contributed by atoms with E-state index in [1.165, 1.54) is 12.3 Å². The van der Waals surface area contributed by atoms with Gasteiger partial charge in [0.2, 0.25) is 24.0 Å². The van der Waals surface area contributed by atoms with Crippen LogP contribution >= 0.6 is 0 Å². The van der Waals surface area contributed by atoms with Gasteiger partial charge in [-0.2, -0.15) is 4.57 Å². The van der Waals surface area contributed by atoms with E-state index in [4.69, 9.17) is 0 Å². The predicted octanol–water partition coefficient (Wildman–Crippen LogP) is 2.92. The number of carbonyl (C=O) groups excluding carboxylic acids is 1. The van der Waals surface area contributed by atoms with E-state index >= 15 is 0 Å². The molecule has 0 aliphatic rings. The summed E-state index contributed by atoms with van der Waals surface area (Å²) in [5.41, 5.74) is 1.35. The Labute approximate surface area is 126 Å². The summed E-state index contributed by atoms with van der Waals surface area (Å²) in [5.74, 6) is -0.0868. The van der Waals surface area contributed by atoms with Crippen molar-refractivity contribution in [1.82, 2.24) is 0 Å². The molecule has 5 heteroatoms. The molecular weight excluding hydrogens is 280 g/mol. The van der Waals surface area contributed by atoms with Crippen molar-refractivity contribution < 1.29 is 14.3 Å². The summed E-state index contributed by atoms with van der Waals surface area (Å²) in [6, 6.07) is 17.7. The van der Waals surface area contributed by atoms with Gasteiger partial charge in [-0.05, 0) is 6.07 Å². The monoisotopic (exact) mass is 293 g/mol. The van der Waals surface area contributed by atoms with Gasteiger partial charge in [0.15, 0.2) is 0 Å². The van der Waals surface area contributed by atoms with Crippen LogP contribution in [0.1, 0.15) is 10.4 Å². The molecule has 0 N–H and O–H groups in total. The van der Waals surface area contributed by atoms with Gasteiger partial charge in [-0.3, -0.25) is 14.9 Å². The summed E-state index contributed by atoms with van der Waals surface area (Å²) in [6.07, 6.45) is 1.41. The first-order chi connectivity index (χ1) is 10.6. The van der Waals surface area contributed by atoms with Crippen molar-refractivity contribution in [1.29, 1.82) is 0 Å². The molecule has 3 aromatic rings. The zero-order valence-corrected chi connectivity index (χ0v) is 11.7. The van der Waals surface area contributed by atoms with Gasteiger partial charge in [-0.15, -0.1) is 0 Å². The largest absolute Gasteiger partial charge is 0.333 e. The summed E-state index contributed by atoms with van der Waals surface area (Å²) in [7, 11) is 0. The lowest BCUT2D eigenvalue weighted by atomic mass is 10.1. The van der Waals surface area contributed by atoms with Crippen molar-refractivity contribution in [3.8, 4) is 0 Å². The molecule has 1 aromatic heterocycles. The number of para-hydroxylation sites is 1. The number of nitrogens with zero attached hydrogens (tertiary/aromatic N) is 2. The highest BCUT2D eigenvalue weighted by molar-refractivity contribution is 5.95. The standard InChI is InChI=1S/C17H13N2O3/c20-17(13-6-2-1-3-7-13)12-18-11-15(19(21)22)10-14-8-4-5-9-16(14)18/h1-11H,12H2/q+1. The molecule has 0 spiro atoms. The third-order valence-electron chi connectivity index (χ3n) is 3.46. The SMILES string of the molecule is O=C(C[n+]1cc([N+](=O)[O-])cc2ccccc21)c1ccccc1. The summed E-state index contributed by atoms with van der Waals surface area (Å²) in [5, 5.41) is 11.8. The summed E-state index contributed by atoms with van der Waals surface area (Å²) in [4.78, 5) is 23.0. The van der Waals surface area contributed by atoms with Crippen LogP contribution in [0.3, 0.4) is 0 Å². The third-order valence-corrected chi connectivity index (χ3v) is 3.46. The molecule has 108 valence electrons. The van der Waals surface area contributed by atoms with Gasteiger partial charge in [0, 0.05) is 17.7 Å². The highest BCUT2D eigenvalue weighted by atomic mass is 16.6. The summed E-state index contributed by atoms with van der Waals surface area (Å²) < 4.78 is 1.63. The molecule has 0 bridgehead atoms. The number of Topliss-reactive ketones (excluding diaryl/α,β-unsaturated/α-hetero) is 1. The summed E-state index contributed by atoms with van der Waals surface area (Å²) in [6.45, 7) is 0.0617. The van der Waals surface area contributed by atoms with Crippen molar-refractivity contribution >= 4 is 22.4 Å². The van der Waals surface area contributed by atoms with Crippen molar-refractivity contribution in [3.63, 3.8) is 0 Å². The van der Waals surface area contributed by atoms with Crippen LogP contribution in [0.5, 0.6) is 0 Å². The summed E-state index contributed by atoms with van der Waals surface area (Å²) >= 11 is 0. The number of hydrogen-bond acceptors (Lipinski definition) is 3. The van der Waals surface area contributed by atoms with Crippen molar-refractivity contribution in [2.24, 2.45) is 0 Å². The van der Waals surface area contributed by atoms with Gasteiger partial charge in [-0.1, -0.05) is 42.5 Å². The first-order valence-electron chi connectivity index (χ1n) is 6.80. The number of pyridine rings is 1. The Morgan fingerprint density at radius 1 is 1.05 bits per heavy atom. The molecule has 22 heavy (non-hydrogen) atoms. The zero-order chi connectivity index (χ0) is 15.5. The van der Waals surface area contributed by atoms with Gasteiger partial charge in [0.1, 0.15) is 0 Å². The van der Waals surface area contributed by atoms with Crippen LogP contribution in [-0.4, -0.2) is 10.7 Å². The maximum Gasteiger partial charge on any atom is 0.333 e. The van der Waals surface area contributed by atoms with Crippen LogP contribution in [0, 0.1) is 10.1 Å². The van der Waals surface area contributed by atoms with Crippen LogP contribution < -0.4 is 4.57 Å². The maximum atomic E-state index is 12.3. The lowest BCUT2D eigenvalue weighted by Crippen LogP contribution is -2.38. The minimum Gasteiger partial charge on any atom is -0.287 e. The second-order valence-corrected chi connectivity index (χ2v) is 4.93. The van der Waals surface area contributed by atoms with Crippen molar-refractivity contribution in [3.05, 3.63) is 82.5 Å². The highest BCUT2D eigenvalue weighted by Crippen LogP contribution is 2.17. The van der Waals surface area contributed by atoms with Crippen LogP contribution in [0.4, 0.5) is 5.69 Å². The fourth-order valence-electron chi connectivity index (χ4n) is 2.40. The lowest BCUT2D eigenvalue weighted by molar-refractivity contribution is -0.660. The molecule has 0 aliphatic heterocycles. The fourth-order valence-corrected chi connectivity index (χ4v) is 2.40. The highest BCUT2D eigenvalue weighted by Gasteiger charge is 2.20. The van der Waals surface area contributed by atoms with Crippen molar-refractivity contribution in [2.75, 3.05) is 0 Å². The number of rotatable bonds is 4. The number of ketones is 1. The number of fused-ring (bicyclic) bond motifs is 1. The molecule has 3 rings (SSSR count). The Bertz CT molecular complexity index is 860. The van der Waals surface area contributed by atoms with Gasteiger partial charge in [-0.25, -0.2) is 0 Å². The zero-order valence-electron chi connectivity index (χ0n) is 11.7. The van der Waals surface area contributed by atoms with Crippen LogP contribution in [0.2, 0.25) is 0 Å². The van der Waals surface area contributed by atoms with Gasteiger partial charge < -0.3 is 0 Å². The average Bonchev–Trinajstić information content (AvgIpc) is 2.55. The molecule has 1 heterocycles. The van der Waals surface area contributed by atoms with Crippen LogP contribution in [-0.2, 0) is 6.54 Å². The van der Waals surface area contributed by atoms with E-state index in [2.05, 4.69) is 0 Å². The second kappa shape index (κ2) is 5.73. The Hall–Kier alpha value is -3.08. The number of nitro groups is 1. The molecule has 0 fully saturated rings. The normalized spacial score (nSPS) is 10.5. The number of carbonyl (C=O) groups is 1. The Morgan fingerprint density at radius 3 is 2.45 bits per heavy atom.